The molecule has 3 fully saturated rings. The smallest absolute Gasteiger partial charge is 0.257 e. The van der Waals surface area contributed by atoms with Crippen molar-refractivity contribution in [2.45, 2.75) is 50.5 Å². The first-order valence-corrected chi connectivity index (χ1v) is 11.9. The maximum atomic E-state index is 13.8. The summed E-state index contributed by atoms with van der Waals surface area (Å²) in [5.41, 5.74) is 3.20. The van der Waals surface area contributed by atoms with Crippen molar-refractivity contribution in [1.29, 1.82) is 0 Å². The van der Waals surface area contributed by atoms with Crippen molar-refractivity contribution in [3.8, 4) is 11.3 Å². The van der Waals surface area contributed by atoms with Crippen LogP contribution in [0.25, 0.3) is 11.3 Å². The summed E-state index contributed by atoms with van der Waals surface area (Å²) in [6, 6.07) is 16.7. The molecule has 1 amide bonds. The summed E-state index contributed by atoms with van der Waals surface area (Å²) in [5, 5.41) is 0. The van der Waals surface area contributed by atoms with Crippen molar-refractivity contribution in [2.75, 3.05) is 18.0 Å². The predicted octanol–water partition coefficient (Wildman–Crippen LogP) is 4.65. The highest BCUT2D eigenvalue weighted by Gasteiger charge is 2.58. The van der Waals surface area contributed by atoms with Gasteiger partial charge in [-0.05, 0) is 43.5 Å². The molecule has 0 unspecified atom stereocenters. The number of hydrogen-bond donors (Lipinski definition) is 0. The van der Waals surface area contributed by atoms with Crippen LogP contribution in [0.15, 0.2) is 60.9 Å². The van der Waals surface area contributed by atoms with Crippen LogP contribution in [0.2, 0.25) is 0 Å². The number of aryl methyl sites for hydroxylation is 1. The van der Waals surface area contributed by atoms with Crippen LogP contribution in [0.3, 0.4) is 0 Å². The third-order valence-corrected chi connectivity index (χ3v) is 7.41. The van der Waals surface area contributed by atoms with E-state index in [-0.39, 0.29) is 24.0 Å². The third-order valence-electron chi connectivity index (χ3n) is 7.41. The minimum atomic E-state index is -0.792. The van der Waals surface area contributed by atoms with E-state index in [0.29, 0.717) is 25.9 Å². The van der Waals surface area contributed by atoms with Crippen LogP contribution in [0.4, 0.5) is 10.2 Å². The molecule has 7 heteroatoms. The lowest BCUT2D eigenvalue weighted by molar-refractivity contribution is -0.140. The molecule has 0 aliphatic carbocycles. The van der Waals surface area contributed by atoms with Crippen molar-refractivity contribution in [1.82, 2.24) is 14.9 Å². The van der Waals surface area contributed by atoms with E-state index in [1.54, 1.807) is 12.4 Å². The van der Waals surface area contributed by atoms with Gasteiger partial charge < -0.3 is 14.5 Å². The zero-order valence-corrected chi connectivity index (χ0v) is 19.2. The van der Waals surface area contributed by atoms with Gasteiger partial charge in [0.15, 0.2) is 5.60 Å². The molecule has 3 aliphatic rings. The molecule has 3 saturated heterocycles. The quantitative estimate of drug-likeness (QED) is 0.572. The van der Waals surface area contributed by atoms with E-state index in [4.69, 9.17) is 4.74 Å². The number of nitrogens with zero attached hydrogens (tertiary/aromatic N) is 4. The summed E-state index contributed by atoms with van der Waals surface area (Å²) in [7, 11) is 0. The van der Waals surface area contributed by atoms with Crippen molar-refractivity contribution in [2.24, 2.45) is 0 Å². The topological polar surface area (TPSA) is 58.6 Å². The Labute approximate surface area is 198 Å². The second-order valence-corrected chi connectivity index (χ2v) is 9.55. The molecule has 174 valence electrons. The minimum absolute atomic E-state index is 0.0482. The first-order valence-electron chi connectivity index (χ1n) is 11.9. The van der Waals surface area contributed by atoms with Crippen LogP contribution < -0.4 is 4.90 Å². The Morgan fingerprint density at radius 3 is 2.65 bits per heavy atom. The Kier molecular flexibility index (Phi) is 5.10. The number of ether oxygens (including phenoxy) is 1. The Morgan fingerprint density at radius 1 is 1.03 bits per heavy atom. The molecule has 3 aliphatic heterocycles. The number of halogens is 1. The van der Waals surface area contributed by atoms with Gasteiger partial charge in [-0.1, -0.05) is 35.9 Å². The lowest BCUT2D eigenvalue weighted by Gasteiger charge is -2.38. The fraction of sp³-hybridized carbons (Fsp3) is 0.370. The molecule has 34 heavy (non-hydrogen) atoms. The summed E-state index contributed by atoms with van der Waals surface area (Å²) in [6.45, 7) is 3.43. The number of carbonyl (C=O) groups is 1. The van der Waals surface area contributed by atoms with Crippen LogP contribution >= 0.6 is 0 Å². The van der Waals surface area contributed by atoms with Gasteiger partial charge in [0.2, 0.25) is 0 Å². The van der Waals surface area contributed by atoms with E-state index in [1.807, 2.05) is 23.1 Å². The number of anilines is 1. The van der Waals surface area contributed by atoms with Crippen molar-refractivity contribution in [3.05, 3.63) is 77.9 Å². The Balaban J connectivity index is 1.18. The zero-order chi connectivity index (χ0) is 23.3. The lowest BCUT2D eigenvalue weighted by atomic mass is 9.89. The van der Waals surface area contributed by atoms with E-state index < -0.39 is 5.60 Å². The Hall–Kier alpha value is -3.32. The number of fused-ring (bicyclic) bond motifs is 1. The SMILES string of the molecule is Cc1cccc(-c2cc(N3CCC4(CC3)O[C@@H]3CC[C@@H](c5cccc(F)c5)N3C4=O)ncn2)c1. The molecule has 1 aromatic heterocycles. The number of piperidine rings is 1. The zero-order valence-electron chi connectivity index (χ0n) is 19.2. The average Bonchev–Trinajstić information content (AvgIpc) is 3.37. The van der Waals surface area contributed by atoms with E-state index in [1.165, 1.54) is 17.7 Å². The molecule has 2 atom stereocenters. The summed E-state index contributed by atoms with van der Waals surface area (Å²) in [5.74, 6) is 0.642. The first kappa shape index (κ1) is 21.2. The highest BCUT2D eigenvalue weighted by atomic mass is 19.1. The number of hydrogen-bond acceptors (Lipinski definition) is 5. The fourth-order valence-electron chi connectivity index (χ4n) is 5.67. The Morgan fingerprint density at radius 2 is 1.85 bits per heavy atom. The van der Waals surface area contributed by atoms with E-state index in [2.05, 4.69) is 40.0 Å². The predicted molar refractivity (Wildman–Crippen MR) is 126 cm³/mol. The van der Waals surface area contributed by atoms with E-state index in [0.717, 1.165) is 35.5 Å². The van der Waals surface area contributed by atoms with Gasteiger partial charge in [0, 0.05) is 37.6 Å². The van der Waals surface area contributed by atoms with Crippen LogP contribution in [0.1, 0.15) is 42.9 Å². The monoisotopic (exact) mass is 458 g/mol. The molecule has 3 aromatic rings. The van der Waals surface area contributed by atoms with E-state index >= 15 is 0 Å². The molecule has 0 bridgehead atoms. The summed E-state index contributed by atoms with van der Waals surface area (Å²) >= 11 is 0. The number of benzene rings is 2. The van der Waals surface area contributed by atoms with Crippen LogP contribution in [-0.4, -0.2) is 45.7 Å². The summed E-state index contributed by atoms with van der Waals surface area (Å²) in [6.07, 6.45) is 4.18. The molecular formula is C27H27FN4O2. The largest absolute Gasteiger partial charge is 0.356 e. The molecule has 6 nitrogen and oxygen atoms in total. The molecule has 0 N–H and O–H groups in total. The first-order chi connectivity index (χ1) is 16.5. The van der Waals surface area contributed by atoms with Crippen LogP contribution in [0, 0.1) is 12.7 Å². The Bertz CT molecular complexity index is 1240. The maximum absolute atomic E-state index is 13.8. The molecule has 0 radical (unpaired) electrons. The number of aromatic nitrogens is 2. The second-order valence-electron chi connectivity index (χ2n) is 9.55. The summed E-state index contributed by atoms with van der Waals surface area (Å²) in [4.78, 5) is 26.6. The highest BCUT2D eigenvalue weighted by Crippen LogP contribution is 2.47. The molecule has 4 heterocycles. The van der Waals surface area contributed by atoms with Gasteiger partial charge in [0.05, 0.1) is 11.7 Å². The van der Waals surface area contributed by atoms with Crippen molar-refractivity contribution < 1.29 is 13.9 Å². The van der Waals surface area contributed by atoms with Gasteiger partial charge in [0.1, 0.15) is 24.2 Å². The normalized spacial score (nSPS) is 23.5. The standard InChI is InChI=1S/C27H27FN4O2/c1-18-4-2-5-19(14-18)22-16-24(30-17-29-22)31-12-10-27(11-13-31)26(33)32-23(8-9-25(32)34-27)20-6-3-7-21(28)15-20/h2-7,14-17,23,25H,8-13H2,1H3/t23-,25+/m0/s1. The maximum Gasteiger partial charge on any atom is 0.257 e. The van der Waals surface area contributed by atoms with Gasteiger partial charge in [-0.3, -0.25) is 4.79 Å². The minimum Gasteiger partial charge on any atom is -0.356 e. The van der Waals surface area contributed by atoms with Gasteiger partial charge in [-0.2, -0.15) is 0 Å². The average molecular weight is 459 g/mol. The van der Waals surface area contributed by atoms with Gasteiger partial charge >= 0.3 is 0 Å². The van der Waals surface area contributed by atoms with Crippen molar-refractivity contribution in [3.63, 3.8) is 0 Å². The van der Waals surface area contributed by atoms with Gasteiger partial charge in [-0.25, -0.2) is 14.4 Å². The van der Waals surface area contributed by atoms with E-state index in [9.17, 15) is 9.18 Å². The van der Waals surface area contributed by atoms with Gasteiger partial charge in [0.25, 0.3) is 5.91 Å². The molecule has 0 saturated carbocycles. The van der Waals surface area contributed by atoms with Crippen LogP contribution in [-0.2, 0) is 9.53 Å². The highest BCUT2D eigenvalue weighted by molar-refractivity contribution is 5.88. The third kappa shape index (κ3) is 3.55. The van der Waals surface area contributed by atoms with Crippen molar-refractivity contribution >= 4 is 11.7 Å². The number of carbonyl (C=O) groups excluding carboxylic acids is 1. The number of rotatable bonds is 3. The lowest BCUT2D eigenvalue weighted by Crippen LogP contribution is -2.50. The fourth-order valence-corrected chi connectivity index (χ4v) is 5.67. The molecule has 1 spiro atoms. The molecule has 2 aromatic carbocycles. The summed E-state index contributed by atoms with van der Waals surface area (Å²) < 4.78 is 20.2. The van der Waals surface area contributed by atoms with Gasteiger partial charge in [-0.15, -0.1) is 0 Å². The number of amides is 1. The molecular weight excluding hydrogens is 431 g/mol. The second kappa shape index (κ2) is 8.17. The van der Waals surface area contributed by atoms with Crippen LogP contribution in [0.5, 0.6) is 0 Å². The molecule has 6 rings (SSSR count).